The van der Waals surface area contributed by atoms with E-state index in [-0.39, 0.29) is 11.6 Å². The Labute approximate surface area is 212 Å². The van der Waals surface area contributed by atoms with E-state index >= 15 is 0 Å². The first-order chi connectivity index (χ1) is 17.4. The van der Waals surface area contributed by atoms with E-state index in [0.29, 0.717) is 52.2 Å². The van der Waals surface area contributed by atoms with Gasteiger partial charge in [-0.15, -0.1) is 0 Å². The lowest BCUT2D eigenvalue weighted by Crippen LogP contribution is -2.32. The number of hydrogen-bond acceptors (Lipinski definition) is 7. The molecule has 0 unspecified atom stereocenters. The standard InChI is InChI=1S/C24H26ClN9O2/c1-5-34-23-17(11-31-34)21(22(32-26)28-9-15-6-7-20(36-4)18(25)8-15)16(10-29-23)14(2)33-12-19(30-13-33)24(35)27-3/h6-8,10-13H,2,5,9,26H2,1,3-4H3,(H,27,35)(H,28,32). The molecule has 0 aliphatic rings. The number of nitrogens with zero attached hydrogens (tertiary/aromatic N) is 6. The number of rotatable bonds is 8. The van der Waals surface area contributed by atoms with E-state index in [1.165, 1.54) is 6.33 Å². The molecular formula is C24H26ClN9O2. The van der Waals surface area contributed by atoms with Gasteiger partial charge in [-0.05, 0) is 24.6 Å². The highest BCUT2D eigenvalue weighted by Gasteiger charge is 2.20. The monoisotopic (exact) mass is 507 g/mol. The maximum absolute atomic E-state index is 12.0. The van der Waals surface area contributed by atoms with Crippen LogP contribution in [0.2, 0.25) is 5.02 Å². The molecule has 1 aromatic carbocycles. The molecule has 0 saturated carbocycles. The molecular weight excluding hydrogens is 482 g/mol. The van der Waals surface area contributed by atoms with Crippen molar-refractivity contribution in [3.8, 4) is 5.75 Å². The lowest BCUT2D eigenvalue weighted by molar-refractivity contribution is 0.0958. The predicted octanol–water partition coefficient (Wildman–Crippen LogP) is 2.60. The van der Waals surface area contributed by atoms with Crippen molar-refractivity contribution >= 4 is 40.1 Å². The highest BCUT2D eigenvalue weighted by Crippen LogP contribution is 2.28. The molecule has 12 heteroatoms. The maximum atomic E-state index is 12.0. The number of nitrogens with one attached hydrogen (secondary N) is 2. The molecule has 36 heavy (non-hydrogen) atoms. The van der Waals surface area contributed by atoms with Gasteiger partial charge in [0, 0.05) is 42.8 Å². The Balaban J connectivity index is 1.81. The molecule has 4 rings (SSSR count). The molecule has 4 aromatic rings. The molecule has 4 N–H and O–H groups in total. The Morgan fingerprint density at radius 3 is 2.78 bits per heavy atom. The van der Waals surface area contributed by atoms with Crippen molar-refractivity contribution in [3.63, 3.8) is 0 Å². The van der Waals surface area contributed by atoms with Gasteiger partial charge >= 0.3 is 0 Å². The van der Waals surface area contributed by atoms with Crippen LogP contribution in [0.5, 0.6) is 5.75 Å². The fourth-order valence-electron chi connectivity index (χ4n) is 3.76. The molecule has 11 nitrogen and oxygen atoms in total. The number of aliphatic imine (C=N–C) groups is 1. The van der Waals surface area contributed by atoms with Gasteiger partial charge in [-0.1, -0.05) is 24.2 Å². The first kappa shape index (κ1) is 24.9. The summed E-state index contributed by atoms with van der Waals surface area (Å²) in [6.45, 7) is 7.14. The number of nitrogens with two attached hydrogens (primary N) is 1. The van der Waals surface area contributed by atoms with Crippen molar-refractivity contribution in [1.82, 2.24) is 35.1 Å². The van der Waals surface area contributed by atoms with Crippen molar-refractivity contribution in [1.29, 1.82) is 0 Å². The van der Waals surface area contributed by atoms with Crippen LogP contribution in [0.3, 0.4) is 0 Å². The smallest absolute Gasteiger partial charge is 0.271 e. The van der Waals surface area contributed by atoms with Crippen LogP contribution in [0.4, 0.5) is 0 Å². The Bertz CT molecular complexity index is 1470. The van der Waals surface area contributed by atoms with Crippen LogP contribution >= 0.6 is 11.6 Å². The van der Waals surface area contributed by atoms with Gasteiger partial charge in [0.1, 0.15) is 23.6 Å². The summed E-state index contributed by atoms with van der Waals surface area (Å²) in [7, 11) is 3.11. The van der Waals surface area contributed by atoms with Crippen molar-refractivity contribution in [2.45, 2.75) is 20.0 Å². The number of amidine groups is 1. The van der Waals surface area contributed by atoms with E-state index in [4.69, 9.17) is 27.2 Å². The number of fused-ring (bicyclic) bond motifs is 1. The van der Waals surface area contributed by atoms with Gasteiger partial charge in [0.25, 0.3) is 5.91 Å². The average Bonchev–Trinajstić information content (AvgIpc) is 3.56. The second kappa shape index (κ2) is 10.6. The van der Waals surface area contributed by atoms with Gasteiger partial charge in [0.15, 0.2) is 5.65 Å². The van der Waals surface area contributed by atoms with Gasteiger partial charge in [-0.2, -0.15) is 5.10 Å². The third-order valence-corrected chi connectivity index (χ3v) is 5.94. The number of amides is 1. The van der Waals surface area contributed by atoms with E-state index in [1.54, 1.807) is 54.1 Å². The molecule has 0 fully saturated rings. The van der Waals surface area contributed by atoms with E-state index in [2.05, 4.69) is 32.4 Å². The quantitative estimate of drug-likeness (QED) is 0.144. The van der Waals surface area contributed by atoms with Gasteiger partial charge < -0.3 is 20.0 Å². The van der Waals surface area contributed by atoms with Crippen LogP contribution in [0.1, 0.15) is 34.1 Å². The molecule has 3 aromatic heterocycles. The molecule has 3 heterocycles. The average molecular weight is 508 g/mol. The highest BCUT2D eigenvalue weighted by atomic mass is 35.5. The number of imidazole rings is 1. The normalized spacial score (nSPS) is 11.5. The Morgan fingerprint density at radius 2 is 2.11 bits per heavy atom. The third kappa shape index (κ3) is 4.66. The SMILES string of the molecule is C=C(c1cnc2c(cnn2CC)c1C(=NCc1ccc(OC)c(Cl)c1)NN)n1cnc(C(=O)NC)c1. The third-order valence-electron chi connectivity index (χ3n) is 5.64. The number of halogens is 1. The summed E-state index contributed by atoms with van der Waals surface area (Å²) >= 11 is 6.28. The summed E-state index contributed by atoms with van der Waals surface area (Å²) in [6.07, 6.45) is 6.52. The fourth-order valence-corrected chi connectivity index (χ4v) is 4.04. The molecule has 0 aliphatic carbocycles. The fraction of sp³-hybridized carbons (Fsp3) is 0.208. The summed E-state index contributed by atoms with van der Waals surface area (Å²) < 4.78 is 8.66. The highest BCUT2D eigenvalue weighted by molar-refractivity contribution is 6.32. The molecule has 0 radical (unpaired) electrons. The predicted molar refractivity (Wildman–Crippen MR) is 139 cm³/mol. The number of benzene rings is 1. The Kier molecular flexibility index (Phi) is 7.32. The lowest BCUT2D eigenvalue weighted by Gasteiger charge is -2.15. The molecule has 0 saturated heterocycles. The van der Waals surface area contributed by atoms with E-state index in [0.717, 1.165) is 10.9 Å². The van der Waals surface area contributed by atoms with Gasteiger partial charge in [0.05, 0.1) is 30.3 Å². The minimum absolute atomic E-state index is 0.260. The first-order valence-electron chi connectivity index (χ1n) is 11.1. The Hall–Kier alpha value is -4.22. The van der Waals surface area contributed by atoms with Crippen LogP contribution in [0.15, 0.2) is 54.7 Å². The summed E-state index contributed by atoms with van der Waals surface area (Å²) in [5.74, 6) is 6.66. The molecule has 0 aliphatic heterocycles. The second-order valence-corrected chi connectivity index (χ2v) is 8.12. The zero-order valence-electron chi connectivity index (χ0n) is 20.1. The summed E-state index contributed by atoms with van der Waals surface area (Å²) in [4.78, 5) is 25.5. The number of ether oxygens (including phenoxy) is 1. The molecule has 1 amide bonds. The van der Waals surface area contributed by atoms with Crippen LogP contribution in [0, 0.1) is 0 Å². The van der Waals surface area contributed by atoms with Crippen molar-refractivity contribution in [3.05, 3.63) is 77.1 Å². The molecule has 0 atom stereocenters. The van der Waals surface area contributed by atoms with Crippen molar-refractivity contribution < 1.29 is 9.53 Å². The minimum Gasteiger partial charge on any atom is -0.495 e. The summed E-state index contributed by atoms with van der Waals surface area (Å²) in [6, 6.07) is 5.46. The molecule has 0 bridgehead atoms. The van der Waals surface area contributed by atoms with Crippen LogP contribution in [-0.4, -0.2) is 50.2 Å². The zero-order valence-corrected chi connectivity index (χ0v) is 20.9. The topological polar surface area (TPSA) is 137 Å². The van der Waals surface area contributed by atoms with Gasteiger partial charge in [0.2, 0.25) is 0 Å². The van der Waals surface area contributed by atoms with Crippen LogP contribution < -0.4 is 21.3 Å². The van der Waals surface area contributed by atoms with E-state index in [1.807, 2.05) is 13.0 Å². The number of aromatic nitrogens is 5. The minimum atomic E-state index is -0.302. The number of hydrogen-bond donors (Lipinski definition) is 3. The van der Waals surface area contributed by atoms with E-state index in [9.17, 15) is 4.79 Å². The molecule has 186 valence electrons. The molecule has 0 spiro atoms. The number of methoxy groups -OCH3 is 1. The van der Waals surface area contributed by atoms with Crippen molar-refractivity contribution in [2.24, 2.45) is 10.8 Å². The first-order valence-corrected chi connectivity index (χ1v) is 11.4. The number of carbonyl (C=O) groups is 1. The summed E-state index contributed by atoms with van der Waals surface area (Å²) in [5, 5.41) is 8.24. The number of hydrazine groups is 1. The van der Waals surface area contributed by atoms with Crippen LogP contribution in [-0.2, 0) is 13.1 Å². The number of carbonyl (C=O) groups excluding carboxylic acids is 1. The maximum Gasteiger partial charge on any atom is 0.271 e. The van der Waals surface area contributed by atoms with Gasteiger partial charge in [-0.25, -0.2) is 20.5 Å². The second-order valence-electron chi connectivity index (χ2n) is 7.71. The number of aryl methyl sites for hydroxylation is 1. The van der Waals surface area contributed by atoms with Crippen LogP contribution in [0.25, 0.3) is 16.7 Å². The zero-order chi connectivity index (χ0) is 25.8. The van der Waals surface area contributed by atoms with E-state index < -0.39 is 0 Å². The summed E-state index contributed by atoms with van der Waals surface area (Å²) in [5.41, 5.74) is 6.37. The largest absolute Gasteiger partial charge is 0.495 e. The van der Waals surface area contributed by atoms with Gasteiger partial charge in [-0.3, -0.25) is 9.79 Å². The Morgan fingerprint density at radius 1 is 1.31 bits per heavy atom. The lowest BCUT2D eigenvalue weighted by atomic mass is 10.0. The van der Waals surface area contributed by atoms with Crippen molar-refractivity contribution in [2.75, 3.05) is 14.2 Å². The number of pyridine rings is 1.